The van der Waals surface area contributed by atoms with Gasteiger partial charge in [-0.25, -0.2) is 0 Å². The van der Waals surface area contributed by atoms with Gasteiger partial charge in [-0.05, 0) is 39.0 Å². The summed E-state index contributed by atoms with van der Waals surface area (Å²) in [7, 11) is 0. The first-order valence-corrected chi connectivity index (χ1v) is 5.23. The summed E-state index contributed by atoms with van der Waals surface area (Å²) in [5.41, 5.74) is 6.14. The predicted octanol–water partition coefficient (Wildman–Crippen LogP) is 2.76. The third-order valence-corrected chi connectivity index (χ3v) is 2.04. The summed E-state index contributed by atoms with van der Waals surface area (Å²) in [5.74, 6) is 0.853. The molecule has 3 heteroatoms. The Labute approximate surface area is 96.5 Å². The molecule has 0 saturated carbocycles. The molecule has 1 rings (SSSR count). The summed E-state index contributed by atoms with van der Waals surface area (Å²) in [6, 6.07) is 4.66. The SMILES string of the molecule is C=C[C@H](N)c1cc(OC(C)(C)C)ccc1O. The molecular weight excluding hydrogens is 202 g/mol. The molecule has 0 fully saturated rings. The number of benzene rings is 1. The Kier molecular flexibility index (Phi) is 3.60. The van der Waals surface area contributed by atoms with Crippen LogP contribution in [0.4, 0.5) is 0 Å². The summed E-state index contributed by atoms with van der Waals surface area (Å²) in [5, 5.41) is 9.65. The van der Waals surface area contributed by atoms with Gasteiger partial charge in [0, 0.05) is 5.56 Å². The van der Waals surface area contributed by atoms with Crippen LogP contribution in [0.5, 0.6) is 11.5 Å². The lowest BCUT2D eigenvalue weighted by Crippen LogP contribution is -2.23. The average molecular weight is 221 g/mol. The Morgan fingerprint density at radius 1 is 1.44 bits per heavy atom. The topological polar surface area (TPSA) is 55.5 Å². The third kappa shape index (κ3) is 3.28. The highest BCUT2D eigenvalue weighted by molar-refractivity contribution is 5.42. The van der Waals surface area contributed by atoms with Gasteiger partial charge in [0.1, 0.15) is 17.1 Å². The normalized spacial score (nSPS) is 13.2. The summed E-state index contributed by atoms with van der Waals surface area (Å²) in [6.07, 6.45) is 1.58. The smallest absolute Gasteiger partial charge is 0.120 e. The van der Waals surface area contributed by atoms with Crippen molar-refractivity contribution >= 4 is 0 Å². The maximum Gasteiger partial charge on any atom is 0.120 e. The molecule has 0 heterocycles. The first-order valence-electron chi connectivity index (χ1n) is 5.23. The van der Waals surface area contributed by atoms with E-state index in [0.29, 0.717) is 11.3 Å². The lowest BCUT2D eigenvalue weighted by molar-refractivity contribution is 0.130. The molecule has 3 N–H and O–H groups in total. The van der Waals surface area contributed by atoms with Gasteiger partial charge in [0.05, 0.1) is 6.04 Å². The van der Waals surface area contributed by atoms with E-state index in [-0.39, 0.29) is 17.4 Å². The summed E-state index contributed by atoms with van der Waals surface area (Å²) in [6.45, 7) is 9.50. The molecule has 0 aromatic heterocycles. The van der Waals surface area contributed by atoms with Crippen LogP contribution in [0.15, 0.2) is 30.9 Å². The number of ether oxygens (including phenoxy) is 1. The van der Waals surface area contributed by atoms with Gasteiger partial charge in [-0.3, -0.25) is 0 Å². The lowest BCUT2D eigenvalue weighted by atomic mass is 10.1. The van der Waals surface area contributed by atoms with Crippen molar-refractivity contribution in [3.8, 4) is 11.5 Å². The molecule has 0 amide bonds. The zero-order valence-electron chi connectivity index (χ0n) is 10.0. The molecule has 1 atom stereocenters. The highest BCUT2D eigenvalue weighted by Crippen LogP contribution is 2.29. The van der Waals surface area contributed by atoms with E-state index < -0.39 is 0 Å². The molecular formula is C13H19NO2. The highest BCUT2D eigenvalue weighted by Gasteiger charge is 2.14. The van der Waals surface area contributed by atoms with Crippen LogP contribution in [-0.4, -0.2) is 10.7 Å². The van der Waals surface area contributed by atoms with Crippen LogP contribution in [0.1, 0.15) is 32.4 Å². The monoisotopic (exact) mass is 221 g/mol. The Hall–Kier alpha value is -1.48. The van der Waals surface area contributed by atoms with E-state index in [1.54, 1.807) is 24.3 Å². The summed E-state index contributed by atoms with van der Waals surface area (Å²) in [4.78, 5) is 0. The molecule has 0 aliphatic rings. The second-order valence-corrected chi connectivity index (χ2v) is 4.70. The largest absolute Gasteiger partial charge is 0.508 e. The first-order chi connectivity index (χ1) is 7.33. The molecule has 0 bridgehead atoms. The minimum absolute atomic E-state index is 0.161. The fourth-order valence-corrected chi connectivity index (χ4v) is 1.34. The van der Waals surface area contributed by atoms with E-state index in [2.05, 4.69) is 6.58 Å². The van der Waals surface area contributed by atoms with Gasteiger partial charge in [0.15, 0.2) is 0 Å². The summed E-state index contributed by atoms with van der Waals surface area (Å²) < 4.78 is 5.69. The minimum atomic E-state index is -0.386. The predicted molar refractivity (Wildman–Crippen MR) is 65.6 cm³/mol. The zero-order valence-corrected chi connectivity index (χ0v) is 10.0. The van der Waals surface area contributed by atoms with Gasteiger partial charge in [-0.1, -0.05) is 6.08 Å². The van der Waals surface area contributed by atoms with Crippen LogP contribution < -0.4 is 10.5 Å². The zero-order chi connectivity index (χ0) is 12.3. The third-order valence-electron chi connectivity index (χ3n) is 2.04. The molecule has 0 unspecified atom stereocenters. The van der Waals surface area contributed by atoms with E-state index in [1.807, 2.05) is 20.8 Å². The maximum atomic E-state index is 9.65. The Morgan fingerprint density at radius 3 is 2.56 bits per heavy atom. The van der Waals surface area contributed by atoms with Crippen LogP contribution in [0.3, 0.4) is 0 Å². The quantitative estimate of drug-likeness (QED) is 0.772. The fraction of sp³-hybridized carbons (Fsp3) is 0.385. The molecule has 1 aromatic carbocycles. The Bertz CT molecular complexity index is 380. The highest BCUT2D eigenvalue weighted by atomic mass is 16.5. The number of hydrogen-bond acceptors (Lipinski definition) is 3. The molecule has 0 radical (unpaired) electrons. The number of aromatic hydroxyl groups is 1. The lowest BCUT2D eigenvalue weighted by Gasteiger charge is -2.22. The van der Waals surface area contributed by atoms with Crippen molar-refractivity contribution in [2.45, 2.75) is 32.4 Å². The Balaban J connectivity index is 3.03. The van der Waals surface area contributed by atoms with Crippen molar-refractivity contribution in [1.82, 2.24) is 0 Å². The molecule has 3 nitrogen and oxygen atoms in total. The fourth-order valence-electron chi connectivity index (χ4n) is 1.34. The number of nitrogens with two attached hydrogens (primary N) is 1. The second kappa shape index (κ2) is 4.58. The van der Waals surface area contributed by atoms with Gasteiger partial charge < -0.3 is 15.6 Å². The molecule has 0 spiro atoms. The number of hydrogen-bond donors (Lipinski definition) is 2. The van der Waals surface area contributed by atoms with Crippen molar-refractivity contribution in [2.75, 3.05) is 0 Å². The molecule has 0 aliphatic carbocycles. The van der Waals surface area contributed by atoms with Crippen LogP contribution in [0.2, 0.25) is 0 Å². The van der Waals surface area contributed by atoms with E-state index >= 15 is 0 Å². The standard InChI is InChI=1S/C13H19NO2/c1-5-11(14)10-8-9(6-7-12(10)15)16-13(2,3)4/h5-8,11,15H,1,14H2,2-4H3/t11-/m0/s1. The Morgan fingerprint density at radius 2 is 2.06 bits per heavy atom. The summed E-state index contributed by atoms with van der Waals surface area (Å²) >= 11 is 0. The van der Waals surface area contributed by atoms with E-state index in [1.165, 1.54) is 0 Å². The molecule has 16 heavy (non-hydrogen) atoms. The van der Waals surface area contributed by atoms with Gasteiger partial charge in [0.2, 0.25) is 0 Å². The van der Waals surface area contributed by atoms with Gasteiger partial charge in [-0.2, -0.15) is 0 Å². The van der Waals surface area contributed by atoms with Crippen LogP contribution in [0, 0.1) is 0 Å². The van der Waals surface area contributed by atoms with Gasteiger partial charge in [-0.15, -0.1) is 6.58 Å². The molecule has 0 saturated heterocycles. The number of phenols is 1. The van der Waals surface area contributed by atoms with Gasteiger partial charge >= 0.3 is 0 Å². The number of rotatable bonds is 3. The van der Waals surface area contributed by atoms with Crippen LogP contribution >= 0.6 is 0 Å². The maximum absolute atomic E-state index is 9.65. The van der Waals surface area contributed by atoms with Gasteiger partial charge in [0.25, 0.3) is 0 Å². The van der Waals surface area contributed by atoms with Crippen molar-refractivity contribution in [3.05, 3.63) is 36.4 Å². The van der Waals surface area contributed by atoms with E-state index in [0.717, 1.165) is 0 Å². The van der Waals surface area contributed by atoms with E-state index in [9.17, 15) is 5.11 Å². The average Bonchev–Trinajstić information content (AvgIpc) is 2.18. The second-order valence-electron chi connectivity index (χ2n) is 4.70. The van der Waals surface area contributed by atoms with Crippen molar-refractivity contribution in [2.24, 2.45) is 5.73 Å². The van der Waals surface area contributed by atoms with Crippen LogP contribution in [-0.2, 0) is 0 Å². The van der Waals surface area contributed by atoms with E-state index in [4.69, 9.17) is 10.5 Å². The first kappa shape index (κ1) is 12.6. The van der Waals surface area contributed by atoms with Crippen molar-refractivity contribution in [3.63, 3.8) is 0 Å². The van der Waals surface area contributed by atoms with Crippen molar-refractivity contribution in [1.29, 1.82) is 0 Å². The molecule has 0 aliphatic heterocycles. The van der Waals surface area contributed by atoms with Crippen molar-refractivity contribution < 1.29 is 9.84 Å². The molecule has 88 valence electrons. The minimum Gasteiger partial charge on any atom is -0.508 e. The number of phenolic OH excluding ortho intramolecular Hbond substituents is 1. The van der Waals surface area contributed by atoms with Crippen LogP contribution in [0.25, 0.3) is 0 Å². The molecule has 1 aromatic rings.